The Balaban J connectivity index is 1.46. The molecule has 1 fully saturated rings. The van der Waals surface area contributed by atoms with Crippen LogP contribution in [0, 0.1) is 11.3 Å². The van der Waals surface area contributed by atoms with Crippen LogP contribution in [0.4, 0.5) is 5.69 Å². The minimum Gasteiger partial charge on any atom is -0.378 e. The molecular formula is C17H17N7O2S. The van der Waals surface area contributed by atoms with Gasteiger partial charge in [0.2, 0.25) is 0 Å². The van der Waals surface area contributed by atoms with Gasteiger partial charge >= 0.3 is 0 Å². The Hall–Kier alpha value is -3.03. The van der Waals surface area contributed by atoms with Crippen LogP contribution in [0.5, 0.6) is 0 Å². The number of aromatic nitrogens is 5. The normalized spacial score (nSPS) is 18.7. The summed E-state index contributed by atoms with van der Waals surface area (Å²) in [7, 11) is 0. The third-order valence-corrected chi connectivity index (χ3v) is 5.31. The molecule has 0 radical (unpaired) electrons. The maximum absolute atomic E-state index is 12.5. The average molecular weight is 383 g/mol. The predicted molar refractivity (Wildman–Crippen MR) is 98.3 cm³/mol. The summed E-state index contributed by atoms with van der Waals surface area (Å²) in [5.74, 6) is -0.377. The first-order valence-corrected chi connectivity index (χ1v) is 9.42. The van der Waals surface area contributed by atoms with Crippen LogP contribution in [-0.2, 0) is 4.74 Å². The van der Waals surface area contributed by atoms with Crippen molar-refractivity contribution in [3.63, 3.8) is 0 Å². The van der Waals surface area contributed by atoms with Crippen LogP contribution in [0.25, 0.3) is 10.6 Å². The van der Waals surface area contributed by atoms with Crippen LogP contribution < -0.4 is 5.32 Å². The Morgan fingerprint density at radius 1 is 1.56 bits per heavy atom. The molecular weight excluding hydrogens is 366 g/mol. The van der Waals surface area contributed by atoms with Gasteiger partial charge in [-0.25, -0.2) is 4.98 Å². The van der Waals surface area contributed by atoms with Gasteiger partial charge in [-0.3, -0.25) is 14.6 Å². The molecule has 138 valence electrons. The van der Waals surface area contributed by atoms with Crippen LogP contribution >= 0.6 is 11.3 Å². The number of ether oxygens (including phenoxy) is 1. The van der Waals surface area contributed by atoms with Crippen molar-refractivity contribution < 1.29 is 9.53 Å². The Labute approximate surface area is 159 Å². The number of thiazole rings is 1. The zero-order chi connectivity index (χ0) is 18.8. The lowest BCUT2D eigenvalue weighted by Gasteiger charge is -2.34. The molecule has 1 saturated carbocycles. The van der Waals surface area contributed by atoms with Gasteiger partial charge in [-0.2, -0.15) is 15.5 Å². The van der Waals surface area contributed by atoms with Gasteiger partial charge in [0.15, 0.2) is 5.69 Å². The van der Waals surface area contributed by atoms with Gasteiger partial charge in [0.25, 0.3) is 5.91 Å². The first kappa shape index (κ1) is 17.4. The number of anilines is 1. The zero-order valence-electron chi connectivity index (χ0n) is 14.5. The molecule has 3 heterocycles. The van der Waals surface area contributed by atoms with E-state index in [9.17, 15) is 10.1 Å². The molecule has 2 N–H and O–H groups in total. The van der Waals surface area contributed by atoms with Gasteiger partial charge in [0.1, 0.15) is 16.8 Å². The molecule has 1 aliphatic carbocycles. The van der Waals surface area contributed by atoms with Crippen LogP contribution in [0.1, 0.15) is 42.0 Å². The van der Waals surface area contributed by atoms with E-state index in [4.69, 9.17) is 4.74 Å². The second kappa shape index (κ2) is 7.30. The maximum atomic E-state index is 12.5. The van der Waals surface area contributed by atoms with E-state index in [1.807, 2.05) is 13.0 Å². The van der Waals surface area contributed by atoms with E-state index in [0.717, 1.165) is 18.4 Å². The highest BCUT2D eigenvalue weighted by molar-refractivity contribution is 7.13. The van der Waals surface area contributed by atoms with Crippen molar-refractivity contribution in [2.75, 3.05) is 11.9 Å². The molecule has 3 aromatic rings. The number of hydrogen-bond acceptors (Lipinski definition) is 7. The SMILES string of the molecule is CCO[C@H]1C[C@H](n2cc(NC(=O)c3csc(-c4cn[nH]c4)n3)c(C#N)n2)C1. The summed E-state index contributed by atoms with van der Waals surface area (Å²) in [6, 6.07) is 2.22. The van der Waals surface area contributed by atoms with E-state index in [-0.39, 0.29) is 29.4 Å². The van der Waals surface area contributed by atoms with Crippen LogP contribution in [0.3, 0.4) is 0 Å². The summed E-state index contributed by atoms with van der Waals surface area (Å²) in [6.45, 7) is 2.66. The molecule has 10 heteroatoms. The molecule has 0 spiro atoms. The molecule has 0 aliphatic heterocycles. The molecule has 27 heavy (non-hydrogen) atoms. The maximum Gasteiger partial charge on any atom is 0.275 e. The summed E-state index contributed by atoms with van der Waals surface area (Å²) in [4.78, 5) is 16.8. The Kier molecular flexibility index (Phi) is 4.70. The van der Waals surface area contributed by atoms with Gasteiger partial charge in [0, 0.05) is 23.7 Å². The number of aromatic amines is 1. The number of carbonyl (C=O) groups is 1. The Bertz CT molecular complexity index is 980. The molecule has 9 nitrogen and oxygen atoms in total. The molecule has 0 saturated heterocycles. The second-order valence-corrected chi connectivity index (χ2v) is 7.02. The first-order valence-electron chi connectivity index (χ1n) is 8.54. The minimum atomic E-state index is -0.377. The third-order valence-electron chi connectivity index (χ3n) is 4.41. The van der Waals surface area contributed by atoms with Crippen LogP contribution in [-0.4, -0.2) is 43.6 Å². The summed E-state index contributed by atoms with van der Waals surface area (Å²) >= 11 is 1.35. The summed E-state index contributed by atoms with van der Waals surface area (Å²) in [5.41, 5.74) is 1.68. The van der Waals surface area contributed by atoms with E-state index in [2.05, 4.69) is 25.6 Å². The monoisotopic (exact) mass is 383 g/mol. The van der Waals surface area contributed by atoms with Gasteiger partial charge in [0.05, 0.1) is 30.2 Å². The molecule has 0 atom stereocenters. The standard InChI is InChI=1S/C17H17N7O2S/c1-2-26-12-3-11(4-12)24-8-14(13(5-18)23-24)21-16(25)15-9-27-17(22-15)10-6-19-20-7-10/h6-9,11-12H,2-4H2,1H3,(H,19,20)(H,21,25)/t11-,12-. The van der Waals surface area contributed by atoms with Gasteiger partial charge in [-0.15, -0.1) is 11.3 Å². The smallest absolute Gasteiger partial charge is 0.275 e. The number of amides is 1. The van der Waals surface area contributed by atoms with Crippen molar-refractivity contribution >= 4 is 22.9 Å². The van der Waals surface area contributed by atoms with Crippen molar-refractivity contribution in [2.24, 2.45) is 0 Å². The highest BCUT2D eigenvalue weighted by Gasteiger charge is 2.32. The predicted octanol–water partition coefficient (Wildman–Crippen LogP) is 2.59. The molecule has 0 aromatic carbocycles. The highest BCUT2D eigenvalue weighted by atomic mass is 32.1. The average Bonchev–Trinajstić information content (AvgIpc) is 3.36. The molecule has 1 aliphatic rings. The molecule has 0 unspecified atom stereocenters. The lowest BCUT2D eigenvalue weighted by Crippen LogP contribution is -2.33. The van der Waals surface area contributed by atoms with E-state index >= 15 is 0 Å². The lowest BCUT2D eigenvalue weighted by atomic mass is 9.89. The molecule has 4 rings (SSSR count). The fraction of sp³-hybridized carbons (Fsp3) is 0.353. The lowest BCUT2D eigenvalue weighted by molar-refractivity contribution is -0.0227. The largest absolute Gasteiger partial charge is 0.378 e. The van der Waals surface area contributed by atoms with E-state index in [1.54, 1.807) is 28.7 Å². The first-order chi connectivity index (χ1) is 13.2. The number of nitrogens with one attached hydrogen (secondary N) is 2. The van der Waals surface area contributed by atoms with Crippen LogP contribution in [0.15, 0.2) is 24.0 Å². The van der Waals surface area contributed by atoms with E-state index in [1.165, 1.54) is 11.3 Å². The number of carbonyl (C=O) groups excluding carboxylic acids is 1. The summed E-state index contributed by atoms with van der Waals surface area (Å²) < 4.78 is 7.30. The fourth-order valence-electron chi connectivity index (χ4n) is 2.94. The van der Waals surface area contributed by atoms with Gasteiger partial charge in [-0.1, -0.05) is 0 Å². The van der Waals surface area contributed by atoms with Crippen molar-refractivity contribution in [2.45, 2.75) is 31.9 Å². The number of H-pyrrole nitrogens is 1. The van der Waals surface area contributed by atoms with Gasteiger partial charge in [-0.05, 0) is 19.8 Å². The van der Waals surface area contributed by atoms with E-state index < -0.39 is 0 Å². The minimum absolute atomic E-state index is 0.186. The molecule has 1 amide bonds. The highest BCUT2D eigenvalue weighted by Crippen LogP contribution is 2.35. The topological polar surface area (TPSA) is 122 Å². The Morgan fingerprint density at radius 2 is 2.41 bits per heavy atom. The van der Waals surface area contributed by atoms with Gasteiger partial charge < -0.3 is 10.1 Å². The summed E-state index contributed by atoms with van der Waals surface area (Å²) in [5, 5.41) is 25.3. The quantitative estimate of drug-likeness (QED) is 0.675. The third kappa shape index (κ3) is 3.47. The molecule has 3 aromatic heterocycles. The van der Waals surface area contributed by atoms with Crippen molar-refractivity contribution in [1.82, 2.24) is 25.0 Å². The number of nitrogens with zero attached hydrogens (tertiary/aromatic N) is 5. The van der Waals surface area contributed by atoms with Crippen molar-refractivity contribution in [1.29, 1.82) is 5.26 Å². The second-order valence-electron chi connectivity index (χ2n) is 6.16. The van der Waals surface area contributed by atoms with E-state index in [0.29, 0.717) is 17.3 Å². The number of rotatable bonds is 6. The summed E-state index contributed by atoms with van der Waals surface area (Å²) in [6.07, 6.45) is 7.01. The van der Waals surface area contributed by atoms with Crippen molar-refractivity contribution in [3.05, 3.63) is 35.4 Å². The number of nitriles is 1. The zero-order valence-corrected chi connectivity index (χ0v) is 15.4. The Morgan fingerprint density at radius 3 is 3.11 bits per heavy atom. The fourth-order valence-corrected chi connectivity index (χ4v) is 3.72. The van der Waals surface area contributed by atoms with Crippen LogP contribution in [0.2, 0.25) is 0 Å². The molecule has 0 bridgehead atoms. The van der Waals surface area contributed by atoms with Crippen molar-refractivity contribution in [3.8, 4) is 16.6 Å². The number of hydrogen-bond donors (Lipinski definition) is 2.